The molecule has 0 fully saturated rings. The molecule has 6 nitrogen and oxygen atoms in total. The Bertz CT molecular complexity index is 808. The van der Waals surface area contributed by atoms with Crippen molar-refractivity contribution in [3.8, 4) is 5.75 Å². The Labute approximate surface area is 154 Å². The van der Waals surface area contributed by atoms with E-state index in [1.807, 2.05) is 6.92 Å². The van der Waals surface area contributed by atoms with Crippen molar-refractivity contribution in [2.24, 2.45) is 0 Å². The van der Waals surface area contributed by atoms with Crippen LogP contribution < -0.4 is 4.74 Å². The molecule has 8 heteroatoms. The van der Waals surface area contributed by atoms with Crippen LogP contribution in [0.2, 0.25) is 5.02 Å². The fourth-order valence-corrected chi connectivity index (χ4v) is 4.21. The lowest BCUT2D eigenvalue weighted by molar-refractivity contribution is -0.385. The van der Waals surface area contributed by atoms with Crippen LogP contribution in [0.4, 0.5) is 5.69 Å². The quantitative estimate of drug-likeness (QED) is 0.575. The molecular formula is C17H17ClN2O4S. The van der Waals surface area contributed by atoms with Crippen molar-refractivity contribution in [3.63, 3.8) is 0 Å². The number of nitro groups is 1. The molecule has 0 radical (unpaired) electrons. The molecule has 1 unspecified atom stereocenters. The summed E-state index contributed by atoms with van der Waals surface area (Å²) < 4.78 is 5.44. The summed E-state index contributed by atoms with van der Waals surface area (Å²) in [5, 5.41) is 13.4. The molecule has 1 aliphatic heterocycles. The number of ether oxygens (including phenoxy) is 1. The Morgan fingerprint density at radius 3 is 3.00 bits per heavy atom. The van der Waals surface area contributed by atoms with Crippen molar-refractivity contribution in [1.29, 1.82) is 0 Å². The van der Waals surface area contributed by atoms with Crippen LogP contribution in [0.1, 0.15) is 29.8 Å². The van der Waals surface area contributed by atoms with Crippen LogP contribution in [-0.2, 0) is 11.2 Å². The molecule has 25 heavy (non-hydrogen) atoms. The number of halogens is 1. The molecule has 132 valence electrons. The number of carbonyl (C=O) groups is 1. The Hall–Kier alpha value is -2.12. The number of benzene rings is 1. The van der Waals surface area contributed by atoms with Gasteiger partial charge in [0.15, 0.2) is 12.4 Å². The Kier molecular flexibility index (Phi) is 5.24. The van der Waals surface area contributed by atoms with E-state index in [2.05, 4.69) is 11.4 Å². The van der Waals surface area contributed by atoms with Crippen LogP contribution in [0.5, 0.6) is 5.75 Å². The lowest BCUT2D eigenvalue weighted by atomic mass is 9.98. The molecule has 1 aliphatic rings. The van der Waals surface area contributed by atoms with Gasteiger partial charge >= 0.3 is 5.69 Å². The minimum absolute atomic E-state index is 0.0336. The van der Waals surface area contributed by atoms with Gasteiger partial charge < -0.3 is 9.64 Å². The van der Waals surface area contributed by atoms with Gasteiger partial charge in [0.05, 0.1) is 11.0 Å². The topological polar surface area (TPSA) is 72.7 Å². The first-order valence-electron chi connectivity index (χ1n) is 7.93. The molecule has 0 spiro atoms. The molecule has 1 atom stereocenters. The zero-order valence-electron chi connectivity index (χ0n) is 13.6. The molecule has 0 aliphatic carbocycles. The molecule has 1 aromatic carbocycles. The third-order valence-corrected chi connectivity index (χ3v) is 5.50. The lowest BCUT2D eigenvalue weighted by Crippen LogP contribution is -2.41. The molecule has 1 amide bonds. The largest absolute Gasteiger partial charge is 0.477 e. The minimum atomic E-state index is -0.570. The fourth-order valence-electron chi connectivity index (χ4n) is 3.11. The summed E-state index contributed by atoms with van der Waals surface area (Å²) in [7, 11) is 0. The molecule has 2 aromatic rings. The van der Waals surface area contributed by atoms with Gasteiger partial charge in [0.2, 0.25) is 0 Å². The third kappa shape index (κ3) is 3.62. The van der Waals surface area contributed by atoms with Gasteiger partial charge in [-0.1, -0.05) is 18.5 Å². The number of hydrogen-bond donors (Lipinski definition) is 0. The number of nitro benzene ring substituents is 1. The first-order valence-corrected chi connectivity index (χ1v) is 9.19. The van der Waals surface area contributed by atoms with E-state index in [4.69, 9.17) is 16.3 Å². The second-order valence-electron chi connectivity index (χ2n) is 5.72. The number of nitrogens with zero attached hydrogens (tertiary/aromatic N) is 2. The second-order valence-corrected chi connectivity index (χ2v) is 7.16. The van der Waals surface area contributed by atoms with Gasteiger partial charge in [0, 0.05) is 22.5 Å². The summed E-state index contributed by atoms with van der Waals surface area (Å²) in [5.41, 5.74) is 0.954. The molecule has 3 rings (SSSR count). The Balaban J connectivity index is 1.72. The fraction of sp³-hybridized carbons (Fsp3) is 0.353. The smallest absolute Gasteiger partial charge is 0.312 e. The maximum atomic E-state index is 12.6. The van der Waals surface area contributed by atoms with E-state index in [1.165, 1.54) is 28.6 Å². The minimum Gasteiger partial charge on any atom is -0.477 e. The average Bonchev–Trinajstić information content (AvgIpc) is 3.08. The molecule has 0 saturated heterocycles. The number of fused-ring (bicyclic) bond motifs is 1. The molecule has 1 aromatic heterocycles. The summed E-state index contributed by atoms with van der Waals surface area (Å²) in [4.78, 5) is 26.3. The molecular weight excluding hydrogens is 364 g/mol. The number of thiophene rings is 1. The van der Waals surface area contributed by atoms with Crippen LogP contribution in [-0.4, -0.2) is 28.9 Å². The standard InChI is InChI=1S/C17H17ClN2O4S/c1-2-13-12-6-8-25-16(12)5-7-19(13)17(21)10-24-15-4-3-11(18)9-14(15)20(22)23/h3-4,6,8-9,13H,2,5,7,10H2,1H3. The van der Waals surface area contributed by atoms with E-state index in [0.29, 0.717) is 6.54 Å². The summed E-state index contributed by atoms with van der Waals surface area (Å²) in [5.74, 6) is -0.128. The van der Waals surface area contributed by atoms with Gasteiger partial charge in [-0.25, -0.2) is 0 Å². The predicted octanol–water partition coefficient (Wildman–Crippen LogP) is 4.22. The van der Waals surface area contributed by atoms with Crippen LogP contribution in [0.3, 0.4) is 0 Å². The van der Waals surface area contributed by atoms with Crippen LogP contribution in [0.15, 0.2) is 29.6 Å². The summed E-state index contributed by atoms with van der Waals surface area (Å²) >= 11 is 7.50. The highest BCUT2D eigenvalue weighted by atomic mass is 35.5. The predicted molar refractivity (Wildman–Crippen MR) is 96.4 cm³/mol. The summed E-state index contributed by atoms with van der Waals surface area (Å²) in [6, 6.07) is 6.24. The summed E-state index contributed by atoms with van der Waals surface area (Å²) in [6.45, 7) is 2.44. The molecule has 0 bridgehead atoms. The number of carbonyl (C=O) groups excluding carboxylic acids is 1. The number of hydrogen-bond acceptors (Lipinski definition) is 5. The Morgan fingerprint density at radius 1 is 1.48 bits per heavy atom. The van der Waals surface area contributed by atoms with Gasteiger partial charge in [0.1, 0.15) is 0 Å². The van der Waals surface area contributed by atoms with Crippen molar-refractivity contribution in [3.05, 3.63) is 55.2 Å². The normalized spacial score (nSPS) is 16.4. The van der Waals surface area contributed by atoms with Crippen LogP contribution >= 0.6 is 22.9 Å². The lowest BCUT2D eigenvalue weighted by Gasteiger charge is -2.35. The second kappa shape index (κ2) is 7.41. The first-order chi connectivity index (χ1) is 12.0. The zero-order valence-corrected chi connectivity index (χ0v) is 15.2. The first kappa shape index (κ1) is 17.7. The molecule has 2 heterocycles. The van der Waals surface area contributed by atoms with Gasteiger partial charge in [-0.2, -0.15) is 0 Å². The maximum absolute atomic E-state index is 12.6. The number of amides is 1. The molecule has 0 saturated carbocycles. The van der Waals surface area contributed by atoms with Crippen molar-refractivity contribution in [2.75, 3.05) is 13.2 Å². The van der Waals surface area contributed by atoms with Crippen LogP contribution in [0, 0.1) is 10.1 Å². The van der Waals surface area contributed by atoms with Crippen molar-refractivity contribution in [1.82, 2.24) is 4.90 Å². The van der Waals surface area contributed by atoms with Gasteiger partial charge in [-0.3, -0.25) is 14.9 Å². The monoisotopic (exact) mass is 380 g/mol. The third-order valence-electron chi connectivity index (χ3n) is 4.27. The van der Waals surface area contributed by atoms with E-state index in [-0.39, 0.29) is 35.0 Å². The highest BCUT2D eigenvalue weighted by Crippen LogP contribution is 2.35. The highest BCUT2D eigenvalue weighted by molar-refractivity contribution is 7.10. The van der Waals surface area contributed by atoms with E-state index < -0.39 is 4.92 Å². The maximum Gasteiger partial charge on any atom is 0.312 e. The highest BCUT2D eigenvalue weighted by Gasteiger charge is 2.30. The van der Waals surface area contributed by atoms with Crippen molar-refractivity contribution < 1.29 is 14.5 Å². The SMILES string of the molecule is CCC1c2ccsc2CCN1C(=O)COc1ccc(Cl)cc1[N+](=O)[O-]. The average molecular weight is 381 g/mol. The van der Waals surface area contributed by atoms with E-state index in [1.54, 1.807) is 16.2 Å². The van der Waals surface area contributed by atoms with Crippen molar-refractivity contribution >= 4 is 34.5 Å². The Morgan fingerprint density at radius 2 is 2.28 bits per heavy atom. The summed E-state index contributed by atoms with van der Waals surface area (Å²) in [6.07, 6.45) is 1.65. The van der Waals surface area contributed by atoms with Gasteiger partial charge in [-0.15, -0.1) is 11.3 Å². The molecule has 0 N–H and O–H groups in total. The van der Waals surface area contributed by atoms with Gasteiger partial charge in [-0.05, 0) is 42.0 Å². The van der Waals surface area contributed by atoms with Gasteiger partial charge in [0.25, 0.3) is 5.91 Å². The van der Waals surface area contributed by atoms with Crippen molar-refractivity contribution in [2.45, 2.75) is 25.8 Å². The van der Waals surface area contributed by atoms with Crippen LogP contribution in [0.25, 0.3) is 0 Å². The van der Waals surface area contributed by atoms with E-state index in [0.717, 1.165) is 12.8 Å². The van der Waals surface area contributed by atoms with E-state index in [9.17, 15) is 14.9 Å². The number of rotatable bonds is 5. The zero-order chi connectivity index (χ0) is 18.0. The van der Waals surface area contributed by atoms with E-state index >= 15 is 0 Å².